The van der Waals surface area contributed by atoms with Gasteiger partial charge in [0.05, 0.1) is 5.69 Å². The van der Waals surface area contributed by atoms with Gasteiger partial charge in [-0.25, -0.2) is 9.97 Å². The summed E-state index contributed by atoms with van der Waals surface area (Å²) in [7, 11) is 0. The minimum absolute atomic E-state index is 0.194. The van der Waals surface area contributed by atoms with Gasteiger partial charge in [-0.15, -0.1) is 11.3 Å². The molecular weight excluding hydrogens is 420 g/mol. The molecule has 0 aliphatic heterocycles. The third kappa shape index (κ3) is 4.53. The summed E-state index contributed by atoms with van der Waals surface area (Å²) in [6, 6.07) is 15.0. The van der Waals surface area contributed by atoms with Crippen molar-refractivity contribution in [3.63, 3.8) is 0 Å². The van der Waals surface area contributed by atoms with Crippen LogP contribution in [-0.2, 0) is 6.42 Å². The van der Waals surface area contributed by atoms with Crippen molar-refractivity contribution in [1.82, 2.24) is 15.0 Å². The van der Waals surface area contributed by atoms with E-state index in [-0.39, 0.29) is 11.5 Å². The summed E-state index contributed by atoms with van der Waals surface area (Å²) < 4.78 is 0. The van der Waals surface area contributed by atoms with Crippen LogP contribution in [0.1, 0.15) is 39.1 Å². The van der Waals surface area contributed by atoms with E-state index in [0.29, 0.717) is 28.5 Å². The molecule has 2 aromatic carbocycles. The summed E-state index contributed by atoms with van der Waals surface area (Å²) in [4.78, 5) is 37.4. The second-order valence-electron chi connectivity index (χ2n) is 7.73. The zero-order valence-corrected chi connectivity index (χ0v) is 19.3. The fourth-order valence-corrected chi connectivity index (χ4v) is 4.59. The minimum atomic E-state index is -0.211. The lowest BCUT2D eigenvalue weighted by Crippen LogP contribution is -2.12. The van der Waals surface area contributed by atoms with Gasteiger partial charge in [0.15, 0.2) is 0 Å². The number of carbonyl (C=O) groups is 1. The van der Waals surface area contributed by atoms with Crippen LogP contribution in [0.4, 0.5) is 5.69 Å². The molecule has 162 valence electrons. The molecule has 0 aliphatic carbocycles. The number of hydrogen-bond donors (Lipinski definition) is 2. The van der Waals surface area contributed by atoms with E-state index in [1.807, 2.05) is 38.1 Å². The van der Waals surface area contributed by atoms with Gasteiger partial charge in [0.1, 0.15) is 15.7 Å². The number of amides is 1. The molecule has 2 aromatic heterocycles. The molecule has 2 N–H and O–H groups in total. The molecule has 0 unspecified atom stereocenters. The van der Waals surface area contributed by atoms with Crippen LogP contribution in [0.3, 0.4) is 0 Å². The first-order chi connectivity index (χ1) is 15.3. The highest BCUT2D eigenvalue weighted by Crippen LogP contribution is 2.31. The van der Waals surface area contributed by atoms with Gasteiger partial charge >= 0.3 is 0 Å². The quantitative estimate of drug-likeness (QED) is 0.437. The molecule has 2 heterocycles. The molecule has 4 rings (SSSR count). The van der Waals surface area contributed by atoms with Gasteiger partial charge in [0.2, 0.25) is 0 Å². The van der Waals surface area contributed by atoms with Gasteiger partial charge < -0.3 is 10.3 Å². The number of anilines is 1. The second-order valence-corrected chi connectivity index (χ2v) is 8.72. The molecule has 7 heteroatoms. The van der Waals surface area contributed by atoms with Crippen LogP contribution in [0.5, 0.6) is 0 Å². The maximum absolute atomic E-state index is 13.0. The molecule has 0 aliphatic rings. The summed E-state index contributed by atoms with van der Waals surface area (Å²) in [5.74, 6) is 0.272. The number of aromatic amines is 1. The molecule has 0 fully saturated rings. The fourth-order valence-electron chi connectivity index (χ4n) is 3.53. The molecule has 0 radical (unpaired) electrons. The number of thiazole rings is 1. The Morgan fingerprint density at radius 2 is 1.88 bits per heavy atom. The minimum Gasteiger partial charge on any atom is -0.321 e. The molecular formula is C25H24N4O2S. The lowest BCUT2D eigenvalue weighted by molar-refractivity contribution is 0.103. The van der Waals surface area contributed by atoms with Crippen LogP contribution in [-0.4, -0.2) is 20.9 Å². The lowest BCUT2D eigenvalue weighted by Gasteiger charge is -2.07. The van der Waals surface area contributed by atoms with Gasteiger partial charge in [0.25, 0.3) is 11.5 Å². The number of carbonyl (C=O) groups excluding carboxylic acids is 1. The normalized spacial score (nSPS) is 10.9. The van der Waals surface area contributed by atoms with E-state index in [1.54, 1.807) is 6.07 Å². The standard InChI is InChI=1S/C25H24N4O2S/c1-5-18-13-21(30)29-23(27-18)17-7-6-8-19(12-17)28-24(31)22-16(4)26-25(32-22)20-10-9-14(2)11-15(20)3/h6-13H,5H2,1-4H3,(H,28,31)(H,27,29,30). The molecule has 0 atom stereocenters. The van der Waals surface area contributed by atoms with Gasteiger partial charge in [-0.3, -0.25) is 9.59 Å². The van der Waals surface area contributed by atoms with Gasteiger partial charge in [-0.2, -0.15) is 0 Å². The number of nitrogens with one attached hydrogen (secondary N) is 2. The Hall–Kier alpha value is -3.58. The summed E-state index contributed by atoms with van der Waals surface area (Å²) in [6.45, 7) is 7.91. The number of aromatic nitrogens is 3. The molecule has 0 spiro atoms. The van der Waals surface area contributed by atoms with Crippen molar-refractivity contribution in [2.75, 3.05) is 5.32 Å². The highest BCUT2D eigenvalue weighted by atomic mass is 32.1. The predicted molar refractivity (Wildman–Crippen MR) is 129 cm³/mol. The zero-order valence-electron chi connectivity index (χ0n) is 18.4. The Morgan fingerprint density at radius 1 is 1.06 bits per heavy atom. The first-order valence-electron chi connectivity index (χ1n) is 10.4. The van der Waals surface area contributed by atoms with Crippen LogP contribution < -0.4 is 10.9 Å². The lowest BCUT2D eigenvalue weighted by atomic mass is 10.1. The first-order valence-corrected chi connectivity index (χ1v) is 11.2. The third-order valence-corrected chi connectivity index (χ3v) is 6.36. The number of aryl methyl sites for hydroxylation is 4. The summed E-state index contributed by atoms with van der Waals surface area (Å²) in [5.41, 5.74) is 5.94. The SMILES string of the molecule is CCc1cc(=O)[nH]c(-c2cccc(NC(=O)c3sc(-c4ccc(C)cc4C)nc3C)c2)n1. The van der Waals surface area contributed by atoms with Gasteiger partial charge in [0, 0.05) is 28.6 Å². The Kier molecular flexibility index (Phi) is 6.01. The van der Waals surface area contributed by atoms with E-state index in [9.17, 15) is 9.59 Å². The van der Waals surface area contributed by atoms with Crippen molar-refractivity contribution in [2.45, 2.75) is 34.1 Å². The Morgan fingerprint density at radius 3 is 2.62 bits per heavy atom. The smallest absolute Gasteiger partial charge is 0.267 e. The van der Waals surface area contributed by atoms with E-state index in [4.69, 9.17) is 0 Å². The molecule has 1 amide bonds. The molecule has 4 aromatic rings. The summed E-state index contributed by atoms with van der Waals surface area (Å²) in [5, 5.41) is 3.78. The number of nitrogens with zero attached hydrogens (tertiary/aromatic N) is 2. The first kappa shape index (κ1) is 21.6. The number of H-pyrrole nitrogens is 1. The maximum Gasteiger partial charge on any atom is 0.267 e. The highest BCUT2D eigenvalue weighted by molar-refractivity contribution is 7.17. The van der Waals surface area contributed by atoms with Gasteiger partial charge in [-0.05, 0) is 44.9 Å². The monoisotopic (exact) mass is 444 g/mol. The van der Waals surface area contributed by atoms with E-state index in [2.05, 4.69) is 46.2 Å². The average molecular weight is 445 g/mol. The zero-order chi connectivity index (χ0) is 22.8. The topological polar surface area (TPSA) is 87.7 Å². The van der Waals surface area contributed by atoms with E-state index >= 15 is 0 Å². The van der Waals surface area contributed by atoms with E-state index in [1.165, 1.54) is 23.0 Å². The average Bonchev–Trinajstić information content (AvgIpc) is 3.14. The molecule has 0 saturated carbocycles. The summed E-state index contributed by atoms with van der Waals surface area (Å²) >= 11 is 1.38. The van der Waals surface area contributed by atoms with Gasteiger partial charge in [-0.1, -0.05) is 42.8 Å². The van der Waals surface area contributed by atoms with Crippen LogP contribution in [0.2, 0.25) is 0 Å². The molecule has 0 bridgehead atoms. The number of benzene rings is 2. The van der Waals surface area contributed by atoms with Crippen molar-refractivity contribution in [1.29, 1.82) is 0 Å². The Bertz CT molecular complexity index is 1370. The van der Waals surface area contributed by atoms with Crippen LogP contribution >= 0.6 is 11.3 Å². The highest BCUT2D eigenvalue weighted by Gasteiger charge is 2.18. The third-order valence-electron chi connectivity index (χ3n) is 5.17. The van der Waals surface area contributed by atoms with Crippen molar-refractivity contribution < 1.29 is 4.79 Å². The van der Waals surface area contributed by atoms with Crippen molar-refractivity contribution in [2.24, 2.45) is 0 Å². The van der Waals surface area contributed by atoms with E-state index < -0.39 is 0 Å². The Labute approximate surface area is 190 Å². The largest absolute Gasteiger partial charge is 0.321 e. The predicted octanol–water partition coefficient (Wildman–Crippen LogP) is 5.30. The number of hydrogen-bond acceptors (Lipinski definition) is 5. The van der Waals surface area contributed by atoms with Crippen LogP contribution in [0.15, 0.2) is 53.3 Å². The second kappa shape index (κ2) is 8.88. The van der Waals surface area contributed by atoms with Crippen molar-refractivity contribution in [3.8, 4) is 22.0 Å². The summed E-state index contributed by atoms with van der Waals surface area (Å²) in [6.07, 6.45) is 0.667. The van der Waals surface area contributed by atoms with E-state index in [0.717, 1.165) is 27.4 Å². The van der Waals surface area contributed by atoms with Crippen LogP contribution in [0.25, 0.3) is 22.0 Å². The van der Waals surface area contributed by atoms with Crippen molar-refractivity contribution in [3.05, 3.63) is 86.3 Å². The molecule has 6 nitrogen and oxygen atoms in total. The number of rotatable bonds is 5. The maximum atomic E-state index is 13.0. The molecule has 32 heavy (non-hydrogen) atoms. The molecule has 0 saturated heterocycles. The fraction of sp³-hybridized carbons (Fsp3) is 0.200. The van der Waals surface area contributed by atoms with Crippen LogP contribution in [0, 0.1) is 20.8 Å². The van der Waals surface area contributed by atoms with Crippen molar-refractivity contribution >= 4 is 22.9 Å². The Balaban J connectivity index is 1.60.